The molecule has 170 valence electrons. The predicted molar refractivity (Wildman–Crippen MR) is 122 cm³/mol. The third-order valence-electron chi connectivity index (χ3n) is 5.25. The summed E-state index contributed by atoms with van der Waals surface area (Å²) in [6, 6.07) is 12.3. The summed E-state index contributed by atoms with van der Waals surface area (Å²) in [5, 5.41) is 7.53. The Hall–Kier alpha value is -3.79. The van der Waals surface area contributed by atoms with Crippen LogP contribution in [0.15, 0.2) is 58.5 Å². The van der Waals surface area contributed by atoms with Crippen LogP contribution in [-0.2, 0) is 9.59 Å². The molecule has 0 radical (unpaired) electrons. The largest absolute Gasteiger partial charge is 0.497 e. The Morgan fingerprint density at radius 3 is 2.39 bits per heavy atom. The van der Waals surface area contributed by atoms with Crippen LogP contribution >= 0.6 is 11.8 Å². The Bertz CT molecular complexity index is 1180. The molecule has 4 rings (SSSR count). The maximum absolute atomic E-state index is 13.2. The van der Waals surface area contributed by atoms with Crippen LogP contribution < -0.4 is 19.5 Å². The average Bonchev–Trinajstić information content (AvgIpc) is 3.41. The van der Waals surface area contributed by atoms with E-state index in [4.69, 9.17) is 14.2 Å². The molecule has 1 atom stereocenters. The van der Waals surface area contributed by atoms with Crippen LogP contribution in [0.3, 0.4) is 0 Å². The zero-order chi connectivity index (χ0) is 23.5. The maximum Gasteiger partial charge on any atom is 0.290 e. The zero-order valence-corrected chi connectivity index (χ0v) is 19.0. The van der Waals surface area contributed by atoms with E-state index in [1.807, 2.05) is 30.3 Å². The van der Waals surface area contributed by atoms with Crippen molar-refractivity contribution in [3.05, 3.63) is 64.6 Å². The minimum atomic E-state index is -0.598. The lowest BCUT2D eigenvalue weighted by atomic mass is 9.98. The standard InChI is InChI=1S/C23H21N3O6S/c1-30-15-7-4-13(5-8-15)16-11-17(14-6-9-18(31-2)19(10-14)32-3)26(25-16)21(27)12-20-22(28)24-23(29)33-20/h4-10,12,17H,11H2,1-3H3,(H,24,28,29)/b20-12-. The molecule has 33 heavy (non-hydrogen) atoms. The number of imide groups is 1. The Labute approximate surface area is 194 Å². The van der Waals surface area contributed by atoms with Crippen molar-refractivity contribution in [3.63, 3.8) is 0 Å². The molecule has 0 saturated carbocycles. The molecule has 3 amide bonds. The Kier molecular flexibility index (Phi) is 6.36. The number of hydrogen-bond donors (Lipinski definition) is 1. The van der Waals surface area contributed by atoms with Gasteiger partial charge < -0.3 is 14.2 Å². The van der Waals surface area contributed by atoms with Crippen molar-refractivity contribution in [1.29, 1.82) is 0 Å². The first-order valence-electron chi connectivity index (χ1n) is 9.95. The molecule has 0 aromatic heterocycles. The zero-order valence-electron chi connectivity index (χ0n) is 18.2. The summed E-state index contributed by atoms with van der Waals surface area (Å²) in [6.07, 6.45) is 1.58. The molecule has 2 aliphatic heterocycles. The number of rotatable bonds is 6. The second-order valence-corrected chi connectivity index (χ2v) is 8.16. The number of benzene rings is 2. The van der Waals surface area contributed by atoms with Crippen LogP contribution in [0.25, 0.3) is 0 Å². The highest BCUT2D eigenvalue weighted by Gasteiger charge is 2.34. The quantitative estimate of drug-likeness (QED) is 0.650. The third-order valence-corrected chi connectivity index (χ3v) is 6.06. The van der Waals surface area contributed by atoms with Gasteiger partial charge in [0.2, 0.25) is 0 Å². The van der Waals surface area contributed by atoms with Gasteiger partial charge in [0, 0.05) is 12.5 Å². The van der Waals surface area contributed by atoms with E-state index in [1.165, 1.54) is 12.1 Å². The fourth-order valence-corrected chi connectivity index (χ4v) is 4.24. The molecule has 2 aliphatic rings. The molecule has 1 N–H and O–H groups in total. The lowest BCUT2D eigenvalue weighted by Crippen LogP contribution is -2.26. The highest BCUT2D eigenvalue weighted by Crippen LogP contribution is 2.38. The van der Waals surface area contributed by atoms with Crippen molar-refractivity contribution in [1.82, 2.24) is 10.3 Å². The van der Waals surface area contributed by atoms with Crippen LogP contribution in [0.2, 0.25) is 0 Å². The number of carbonyl (C=O) groups is 3. The van der Waals surface area contributed by atoms with Gasteiger partial charge in [-0.3, -0.25) is 19.7 Å². The van der Waals surface area contributed by atoms with E-state index in [-0.39, 0.29) is 4.91 Å². The molecule has 0 bridgehead atoms. The van der Waals surface area contributed by atoms with Gasteiger partial charge in [-0.25, -0.2) is 5.01 Å². The number of nitrogens with one attached hydrogen (secondary N) is 1. The minimum absolute atomic E-state index is 0.0316. The van der Waals surface area contributed by atoms with Crippen molar-refractivity contribution >= 4 is 34.5 Å². The fourth-order valence-electron chi connectivity index (χ4n) is 3.59. The summed E-state index contributed by atoms with van der Waals surface area (Å²) in [5.41, 5.74) is 2.32. The number of amides is 3. The van der Waals surface area contributed by atoms with Gasteiger partial charge in [-0.1, -0.05) is 6.07 Å². The first-order chi connectivity index (χ1) is 15.9. The van der Waals surface area contributed by atoms with Crippen LogP contribution in [0.4, 0.5) is 4.79 Å². The van der Waals surface area contributed by atoms with Gasteiger partial charge in [-0.15, -0.1) is 0 Å². The molecule has 1 saturated heterocycles. The summed E-state index contributed by atoms with van der Waals surface area (Å²) >= 11 is 0.685. The molecule has 0 spiro atoms. The number of methoxy groups -OCH3 is 3. The van der Waals surface area contributed by atoms with Crippen LogP contribution in [-0.4, -0.2) is 49.1 Å². The van der Waals surface area contributed by atoms with E-state index in [1.54, 1.807) is 26.4 Å². The SMILES string of the molecule is COc1ccc(C2=NN(C(=O)/C=C3\SC(=O)NC3=O)C(c3ccc(OC)c(OC)c3)C2)cc1. The maximum atomic E-state index is 13.2. The number of hydrazone groups is 1. The molecule has 2 aromatic carbocycles. The smallest absolute Gasteiger partial charge is 0.290 e. The van der Waals surface area contributed by atoms with E-state index in [0.717, 1.165) is 17.2 Å². The molecular weight excluding hydrogens is 446 g/mol. The molecular formula is C23H21N3O6S. The Morgan fingerprint density at radius 1 is 1.06 bits per heavy atom. The Morgan fingerprint density at radius 2 is 1.79 bits per heavy atom. The summed E-state index contributed by atoms with van der Waals surface area (Å²) < 4.78 is 16.0. The van der Waals surface area contributed by atoms with Crippen molar-refractivity contribution in [2.24, 2.45) is 5.10 Å². The number of ether oxygens (including phenoxy) is 3. The van der Waals surface area contributed by atoms with Gasteiger partial charge in [-0.2, -0.15) is 5.10 Å². The molecule has 10 heteroatoms. The lowest BCUT2D eigenvalue weighted by Gasteiger charge is -2.22. The second-order valence-electron chi connectivity index (χ2n) is 7.14. The first-order valence-corrected chi connectivity index (χ1v) is 10.8. The summed E-state index contributed by atoms with van der Waals surface area (Å²) in [7, 11) is 4.67. The number of hydrogen-bond acceptors (Lipinski definition) is 8. The van der Waals surface area contributed by atoms with E-state index < -0.39 is 23.1 Å². The number of nitrogens with zero attached hydrogens (tertiary/aromatic N) is 2. The van der Waals surface area contributed by atoms with Crippen LogP contribution in [0.5, 0.6) is 17.2 Å². The summed E-state index contributed by atoms with van der Waals surface area (Å²) in [6.45, 7) is 0. The third kappa shape index (κ3) is 4.56. The fraction of sp³-hybridized carbons (Fsp3) is 0.217. The summed E-state index contributed by atoms with van der Waals surface area (Å²) in [5.74, 6) is 0.689. The van der Waals surface area contributed by atoms with Crippen molar-refractivity contribution in [2.45, 2.75) is 12.5 Å². The normalized spacial score (nSPS) is 18.9. The van der Waals surface area contributed by atoms with Gasteiger partial charge >= 0.3 is 0 Å². The lowest BCUT2D eigenvalue weighted by molar-refractivity contribution is -0.128. The molecule has 1 unspecified atom stereocenters. The topological polar surface area (TPSA) is 107 Å². The van der Waals surface area contributed by atoms with Gasteiger partial charge in [0.25, 0.3) is 17.1 Å². The number of carbonyl (C=O) groups excluding carboxylic acids is 3. The van der Waals surface area contributed by atoms with Gasteiger partial charge in [0.1, 0.15) is 5.75 Å². The molecule has 2 aromatic rings. The van der Waals surface area contributed by atoms with E-state index in [0.29, 0.717) is 41.1 Å². The van der Waals surface area contributed by atoms with E-state index in [2.05, 4.69) is 10.4 Å². The molecule has 2 heterocycles. The Balaban J connectivity index is 1.71. The molecule has 0 aliphatic carbocycles. The highest BCUT2D eigenvalue weighted by atomic mass is 32.2. The summed E-state index contributed by atoms with van der Waals surface area (Å²) in [4.78, 5) is 36.6. The van der Waals surface area contributed by atoms with Gasteiger partial charge in [0.05, 0.1) is 38.0 Å². The van der Waals surface area contributed by atoms with E-state index >= 15 is 0 Å². The van der Waals surface area contributed by atoms with Gasteiger partial charge in [0.15, 0.2) is 11.5 Å². The molecule has 1 fully saturated rings. The van der Waals surface area contributed by atoms with Crippen LogP contribution in [0, 0.1) is 0 Å². The average molecular weight is 468 g/mol. The second kappa shape index (κ2) is 9.37. The predicted octanol–water partition coefficient (Wildman–Crippen LogP) is 3.26. The minimum Gasteiger partial charge on any atom is -0.497 e. The van der Waals surface area contributed by atoms with Crippen molar-refractivity contribution in [2.75, 3.05) is 21.3 Å². The highest BCUT2D eigenvalue weighted by molar-refractivity contribution is 8.18. The monoisotopic (exact) mass is 467 g/mol. The van der Waals surface area contributed by atoms with Gasteiger partial charge in [-0.05, 0) is 59.3 Å². The molecule has 9 nitrogen and oxygen atoms in total. The first kappa shape index (κ1) is 22.4. The van der Waals surface area contributed by atoms with Crippen molar-refractivity contribution < 1.29 is 28.6 Å². The van der Waals surface area contributed by atoms with Crippen LogP contribution in [0.1, 0.15) is 23.6 Å². The van der Waals surface area contributed by atoms with Crippen molar-refractivity contribution in [3.8, 4) is 17.2 Å². The van der Waals surface area contributed by atoms with E-state index in [9.17, 15) is 14.4 Å². The number of thioether (sulfide) groups is 1.